The molecule has 1 atom stereocenters. The molecule has 12 heavy (non-hydrogen) atoms. The highest BCUT2D eigenvalue weighted by atomic mass is 19.3. The minimum atomic E-state index is -2.21. The summed E-state index contributed by atoms with van der Waals surface area (Å²) in [5.74, 6) is 0.639. The molecular formula is C9H15F2N. The lowest BCUT2D eigenvalue weighted by atomic mass is 9.58. The van der Waals surface area contributed by atoms with Gasteiger partial charge < -0.3 is 5.73 Å². The van der Waals surface area contributed by atoms with Crippen LogP contribution in [-0.2, 0) is 0 Å². The van der Waals surface area contributed by atoms with Crippen LogP contribution in [0.25, 0.3) is 0 Å². The van der Waals surface area contributed by atoms with Crippen LogP contribution in [0, 0.1) is 11.3 Å². The van der Waals surface area contributed by atoms with E-state index in [4.69, 9.17) is 5.73 Å². The van der Waals surface area contributed by atoms with E-state index in [2.05, 4.69) is 0 Å². The summed E-state index contributed by atoms with van der Waals surface area (Å²) in [4.78, 5) is 0. The summed E-state index contributed by atoms with van der Waals surface area (Å²) in [6.07, 6.45) is 1.85. The van der Waals surface area contributed by atoms with E-state index in [1.165, 1.54) is 0 Å². The topological polar surface area (TPSA) is 26.0 Å². The van der Waals surface area contributed by atoms with Crippen molar-refractivity contribution in [1.82, 2.24) is 0 Å². The van der Waals surface area contributed by atoms with E-state index < -0.39 is 11.8 Å². The molecule has 0 aliphatic heterocycles. The number of rotatable bonds is 1. The number of alkyl halides is 2. The highest BCUT2D eigenvalue weighted by Crippen LogP contribution is 2.52. The van der Waals surface area contributed by atoms with Crippen LogP contribution >= 0.6 is 0 Å². The smallest absolute Gasteiger partial charge is 0.245 e. The molecule has 2 bridgehead atoms. The summed E-state index contributed by atoms with van der Waals surface area (Å²) in [5, 5.41) is 0. The molecular weight excluding hydrogens is 160 g/mol. The Morgan fingerprint density at radius 3 is 2.17 bits per heavy atom. The van der Waals surface area contributed by atoms with Crippen molar-refractivity contribution in [3.63, 3.8) is 0 Å². The molecule has 0 spiro atoms. The van der Waals surface area contributed by atoms with Gasteiger partial charge in [-0.1, -0.05) is 0 Å². The van der Waals surface area contributed by atoms with Crippen LogP contribution in [0.1, 0.15) is 32.1 Å². The zero-order chi connectivity index (χ0) is 8.77. The molecule has 3 fully saturated rings. The van der Waals surface area contributed by atoms with Crippen LogP contribution in [-0.4, -0.2) is 12.5 Å². The third kappa shape index (κ3) is 0.987. The Hall–Kier alpha value is -0.180. The fourth-order valence-electron chi connectivity index (χ4n) is 2.80. The summed E-state index contributed by atoms with van der Waals surface area (Å²) in [6, 6.07) is -0.245. The molecule has 0 aromatic carbocycles. The minimum Gasteiger partial charge on any atom is -0.327 e. The fourth-order valence-corrected chi connectivity index (χ4v) is 2.80. The van der Waals surface area contributed by atoms with Gasteiger partial charge in [0.1, 0.15) is 0 Å². The number of nitrogens with two attached hydrogens (primary N) is 1. The van der Waals surface area contributed by atoms with E-state index in [-0.39, 0.29) is 6.04 Å². The van der Waals surface area contributed by atoms with Gasteiger partial charge in [0.05, 0.1) is 0 Å². The highest BCUT2D eigenvalue weighted by Gasteiger charge is 2.51. The van der Waals surface area contributed by atoms with Gasteiger partial charge in [-0.3, -0.25) is 0 Å². The third-order valence-electron chi connectivity index (χ3n) is 3.80. The summed E-state index contributed by atoms with van der Waals surface area (Å²) in [6.45, 7) is 0. The van der Waals surface area contributed by atoms with Crippen molar-refractivity contribution in [3.8, 4) is 0 Å². The Labute approximate surface area is 71.3 Å². The third-order valence-corrected chi connectivity index (χ3v) is 3.80. The van der Waals surface area contributed by atoms with Gasteiger partial charge in [0.15, 0.2) is 0 Å². The molecule has 3 aliphatic rings. The van der Waals surface area contributed by atoms with Crippen molar-refractivity contribution in [1.29, 1.82) is 0 Å². The second-order valence-corrected chi connectivity index (χ2v) is 4.32. The first kappa shape index (κ1) is 8.42. The number of halogens is 2. The van der Waals surface area contributed by atoms with Crippen molar-refractivity contribution in [2.45, 2.75) is 44.6 Å². The molecule has 2 N–H and O–H groups in total. The lowest BCUT2D eigenvalue weighted by Crippen LogP contribution is -2.54. The molecule has 0 radical (unpaired) electrons. The molecule has 0 saturated heterocycles. The van der Waals surface area contributed by atoms with E-state index in [0.29, 0.717) is 18.8 Å². The maximum Gasteiger partial charge on any atom is 0.245 e. The Kier molecular flexibility index (Phi) is 1.86. The summed E-state index contributed by atoms with van der Waals surface area (Å²) in [7, 11) is 0. The molecule has 0 heterocycles. The maximum absolute atomic E-state index is 12.8. The van der Waals surface area contributed by atoms with Crippen LogP contribution in [0.3, 0.4) is 0 Å². The van der Waals surface area contributed by atoms with Crippen LogP contribution in [0.15, 0.2) is 0 Å². The van der Waals surface area contributed by atoms with E-state index in [0.717, 1.165) is 19.3 Å². The normalized spacial score (nSPS) is 47.0. The van der Waals surface area contributed by atoms with Crippen molar-refractivity contribution in [2.24, 2.45) is 17.1 Å². The lowest BCUT2D eigenvalue weighted by molar-refractivity contribution is -0.0890. The fraction of sp³-hybridized carbons (Fsp3) is 1.00. The zero-order valence-corrected chi connectivity index (χ0v) is 7.10. The van der Waals surface area contributed by atoms with Gasteiger partial charge in [-0.05, 0) is 38.0 Å². The molecule has 70 valence electrons. The van der Waals surface area contributed by atoms with E-state index in [1.807, 2.05) is 0 Å². The first-order valence-electron chi connectivity index (χ1n) is 4.69. The average Bonchev–Trinajstić information content (AvgIpc) is 2.05. The summed E-state index contributed by atoms with van der Waals surface area (Å²) < 4.78 is 25.5. The second kappa shape index (κ2) is 2.66. The Bertz CT molecular complexity index is 173. The Balaban J connectivity index is 2.20. The Morgan fingerprint density at radius 1 is 1.25 bits per heavy atom. The van der Waals surface area contributed by atoms with E-state index in [9.17, 15) is 8.78 Å². The molecule has 0 aromatic heterocycles. The molecule has 1 nitrogen and oxygen atoms in total. The summed E-state index contributed by atoms with van der Waals surface area (Å²) >= 11 is 0. The van der Waals surface area contributed by atoms with Crippen molar-refractivity contribution >= 4 is 0 Å². The molecule has 0 aromatic rings. The zero-order valence-electron chi connectivity index (χ0n) is 7.10. The van der Waals surface area contributed by atoms with Gasteiger partial charge >= 0.3 is 0 Å². The highest BCUT2D eigenvalue weighted by molar-refractivity contribution is 5.01. The first-order chi connectivity index (χ1) is 5.65. The minimum absolute atomic E-state index is 0.245. The van der Waals surface area contributed by atoms with E-state index >= 15 is 0 Å². The number of fused-ring (bicyclic) bond motifs is 3. The van der Waals surface area contributed by atoms with Crippen LogP contribution in [0.4, 0.5) is 8.78 Å². The molecule has 3 saturated carbocycles. The molecule has 3 aliphatic carbocycles. The quantitative estimate of drug-likeness (QED) is 0.649. The van der Waals surface area contributed by atoms with Gasteiger partial charge in [-0.15, -0.1) is 0 Å². The van der Waals surface area contributed by atoms with Gasteiger partial charge in [-0.25, -0.2) is 8.78 Å². The van der Waals surface area contributed by atoms with Gasteiger partial charge in [0.2, 0.25) is 6.43 Å². The van der Waals surface area contributed by atoms with Gasteiger partial charge in [0.25, 0.3) is 0 Å². The van der Waals surface area contributed by atoms with Crippen molar-refractivity contribution in [3.05, 3.63) is 0 Å². The maximum atomic E-state index is 12.8. The summed E-state index contributed by atoms with van der Waals surface area (Å²) in [5.41, 5.74) is 4.97. The van der Waals surface area contributed by atoms with Gasteiger partial charge in [0, 0.05) is 11.5 Å². The van der Waals surface area contributed by atoms with E-state index in [1.54, 1.807) is 0 Å². The Morgan fingerprint density at radius 2 is 1.83 bits per heavy atom. The monoisotopic (exact) mass is 175 g/mol. The van der Waals surface area contributed by atoms with Crippen molar-refractivity contribution < 1.29 is 8.78 Å². The average molecular weight is 175 g/mol. The lowest BCUT2D eigenvalue weighted by Gasteiger charge is -2.50. The first-order valence-corrected chi connectivity index (χ1v) is 4.69. The second-order valence-electron chi connectivity index (χ2n) is 4.32. The predicted octanol–water partition coefficient (Wildman–Crippen LogP) is 2.16. The molecule has 3 heteroatoms. The van der Waals surface area contributed by atoms with Crippen LogP contribution in [0.2, 0.25) is 0 Å². The molecule has 3 rings (SSSR count). The van der Waals surface area contributed by atoms with Crippen molar-refractivity contribution in [2.75, 3.05) is 0 Å². The standard InChI is InChI=1S/C9H15F2N/c10-8(11)9-3-1-6(2-4-9)5-7(9)12/h6-8H,1-5,12H2. The molecule has 1 unspecified atom stereocenters. The SMILES string of the molecule is NC1CC2CCC1(C(F)F)CC2. The number of hydrogen-bond acceptors (Lipinski definition) is 1. The largest absolute Gasteiger partial charge is 0.327 e. The number of hydrogen-bond donors (Lipinski definition) is 1. The van der Waals surface area contributed by atoms with Gasteiger partial charge in [-0.2, -0.15) is 0 Å². The van der Waals surface area contributed by atoms with Crippen LogP contribution < -0.4 is 5.73 Å². The molecule has 0 amide bonds. The van der Waals surface area contributed by atoms with Crippen LogP contribution in [0.5, 0.6) is 0 Å². The predicted molar refractivity (Wildman–Crippen MR) is 43.0 cm³/mol.